The summed E-state index contributed by atoms with van der Waals surface area (Å²) in [7, 11) is -3.15. The minimum absolute atomic E-state index is 0.100. The number of hydrogen-bond acceptors (Lipinski definition) is 3. The predicted octanol–water partition coefficient (Wildman–Crippen LogP) is 3.47. The van der Waals surface area contributed by atoms with Gasteiger partial charge in [0.1, 0.15) is 0 Å². The smallest absolute Gasteiger partial charge is 0.251 e. The normalized spacial score (nSPS) is 11.3. The molecule has 1 N–H and O–H groups in total. The van der Waals surface area contributed by atoms with Crippen molar-refractivity contribution in [2.45, 2.75) is 12.3 Å². The van der Waals surface area contributed by atoms with Crippen molar-refractivity contribution in [3.63, 3.8) is 0 Å². The molecule has 0 heterocycles. The molecule has 4 nitrogen and oxygen atoms in total. The van der Waals surface area contributed by atoms with Crippen LogP contribution in [0.1, 0.15) is 21.5 Å². The van der Waals surface area contributed by atoms with Crippen LogP contribution >= 0.6 is 23.2 Å². The van der Waals surface area contributed by atoms with Gasteiger partial charge in [-0.3, -0.25) is 4.79 Å². The number of halogens is 2. The van der Waals surface area contributed by atoms with Gasteiger partial charge in [0, 0.05) is 28.4 Å². The Kier molecular flexibility index (Phi) is 5.68. The van der Waals surface area contributed by atoms with Gasteiger partial charge in [0.05, 0.1) is 5.75 Å². The highest BCUT2D eigenvalue weighted by Crippen LogP contribution is 2.20. The summed E-state index contributed by atoms with van der Waals surface area (Å²) in [6.07, 6.45) is 1.16. The van der Waals surface area contributed by atoms with Gasteiger partial charge >= 0.3 is 0 Å². The number of carbonyl (C=O) groups is 1. The zero-order chi connectivity index (χ0) is 17.0. The van der Waals surface area contributed by atoms with Crippen molar-refractivity contribution in [3.8, 4) is 0 Å². The molecule has 2 rings (SSSR count). The van der Waals surface area contributed by atoms with Gasteiger partial charge < -0.3 is 5.32 Å². The Morgan fingerprint density at radius 1 is 1.13 bits per heavy atom. The van der Waals surface area contributed by atoms with Gasteiger partial charge in [-0.15, -0.1) is 0 Å². The number of rotatable bonds is 5. The molecule has 0 aliphatic heterocycles. The maximum absolute atomic E-state index is 12.2. The topological polar surface area (TPSA) is 63.2 Å². The molecular weight excluding hydrogens is 357 g/mol. The lowest BCUT2D eigenvalue weighted by Crippen LogP contribution is -2.23. The minimum Gasteiger partial charge on any atom is -0.348 e. The van der Waals surface area contributed by atoms with Crippen molar-refractivity contribution in [2.75, 3.05) is 6.26 Å². The fourth-order valence-electron chi connectivity index (χ4n) is 2.05. The second-order valence-corrected chi connectivity index (χ2v) is 8.17. The molecule has 0 spiro atoms. The largest absolute Gasteiger partial charge is 0.348 e. The SMILES string of the molecule is CS(=O)(=O)Cc1cccc(C(=O)NCc2ccc(Cl)cc2Cl)c1. The Hall–Kier alpha value is -1.56. The molecule has 7 heteroatoms. The average molecular weight is 372 g/mol. The van der Waals surface area contributed by atoms with E-state index < -0.39 is 9.84 Å². The molecule has 0 fully saturated rings. The molecule has 0 saturated carbocycles. The third-order valence-corrected chi connectivity index (χ3v) is 4.52. The van der Waals surface area contributed by atoms with Crippen LogP contribution in [0.2, 0.25) is 10.0 Å². The van der Waals surface area contributed by atoms with Crippen LogP contribution in [0.15, 0.2) is 42.5 Å². The van der Waals surface area contributed by atoms with Crippen LogP contribution < -0.4 is 5.32 Å². The quantitative estimate of drug-likeness (QED) is 0.874. The monoisotopic (exact) mass is 371 g/mol. The van der Waals surface area contributed by atoms with Crippen molar-refractivity contribution in [1.82, 2.24) is 5.32 Å². The number of nitrogens with one attached hydrogen (secondary N) is 1. The third-order valence-electron chi connectivity index (χ3n) is 3.07. The van der Waals surface area contributed by atoms with E-state index in [1.165, 1.54) is 0 Å². The molecule has 0 radical (unpaired) electrons. The summed E-state index contributed by atoms with van der Waals surface area (Å²) in [6, 6.07) is 11.6. The van der Waals surface area contributed by atoms with Gasteiger partial charge in [-0.1, -0.05) is 41.4 Å². The van der Waals surface area contributed by atoms with E-state index in [-0.39, 0.29) is 18.2 Å². The van der Waals surface area contributed by atoms with Crippen molar-refractivity contribution in [1.29, 1.82) is 0 Å². The molecule has 0 atom stereocenters. The van der Waals surface area contributed by atoms with Gasteiger partial charge in [-0.2, -0.15) is 0 Å². The van der Waals surface area contributed by atoms with E-state index in [9.17, 15) is 13.2 Å². The van der Waals surface area contributed by atoms with Crippen molar-refractivity contribution < 1.29 is 13.2 Å². The fourth-order valence-corrected chi connectivity index (χ4v) is 3.31. The van der Waals surface area contributed by atoms with Crippen molar-refractivity contribution in [3.05, 3.63) is 69.2 Å². The number of hydrogen-bond donors (Lipinski definition) is 1. The Morgan fingerprint density at radius 3 is 2.52 bits per heavy atom. The molecular formula is C16H15Cl2NO3S. The van der Waals surface area contributed by atoms with Crippen LogP contribution in [0.5, 0.6) is 0 Å². The Morgan fingerprint density at radius 2 is 1.87 bits per heavy atom. The summed E-state index contributed by atoms with van der Waals surface area (Å²) in [5.41, 5.74) is 1.72. The summed E-state index contributed by atoms with van der Waals surface area (Å²) in [5, 5.41) is 3.75. The van der Waals surface area contributed by atoms with Crippen molar-refractivity contribution >= 4 is 38.9 Å². The van der Waals surface area contributed by atoms with Gasteiger partial charge in [-0.25, -0.2) is 8.42 Å². The first-order valence-electron chi connectivity index (χ1n) is 6.73. The first kappa shape index (κ1) is 17.8. The van der Waals surface area contributed by atoms with Crippen molar-refractivity contribution in [2.24, 2.45) is 0 Å². The van der Waals surface area contributed by atoms with Gasteiger partial charge in [0.2, 0.25) is 0 Å². The first-order valence-corrected chi connectivity index (χ1v) is 9.55. The molecule has 0 bridgehead atoms. The molecule has 2 aromatic carbocycles. The van der Waals surface area contributed by atoms with Gasteiger partial charge in [-0.05, 0) is 35.4 Å². The van der Waals surface area contributed by atoms with E-state index in [0.29, 0.717) is 21.2 Å². The Balaban J connectivity index is 2.07. The number of sulfone groups is 1. The number of benzene rings is 2. The lowest BCUT2D eigenvalue weighted by Gasteiger charge is -2.08. The van der Waals surface area contributed by atoms with Gasteiger partial charge in [0.15, 0.2) is 9.84 Å². The van der Waals surface area contributed by atoms with E-state index in [4.69, 9.17) is 23.2 Å². The molecule has 2 aromatic rings. The standard InChI is InChI=1S/C16H15Cl2NO3S/c1-23(21,22)10-11-3-2-4-12(7-11)16(20)19-9-13-5-6-14(17)8-15(13)18/h2-8H,9-10H2,1H3,(H,19,20). The second-order valence-electron chi connectivity index (χ2n) is 5.19. The minimum atomic E-state index is -3.15. The van der Waals surface area contributed by atoms with Crippen LogP contribution in [0.3, 0.4) is 0 Å². The highest BCUT2D eigenvalue weighted by Gasteiger charge is 2.10. The third kappa shape index (κ3) is 5.53. The number of amides is 1. The van der Waals surface area contributed by atoms with E-state index in [2.05, 4.69) is 5.32 Å². The van der Waals surface area contributed by atoms with Crippen LogP contribution in [0, 0.1) is 0 Å². The molecule has 1 amide bonds. The zero-order valence-corrected chi connectivity index (χ0v) is 14.7. The van der Waals surface area contributed by atoms with E-state index in [0.717, 1.165) is 11.8 Å². The Bertz CT molecular complexity index is 835. The summed E-state index contributed by atoms with van der Waals surface area (Å²) in [4.78, 5) is 12.2. The molecule has 0 aliphatic carbocycles. The molecule has 0 saturated heterocycles. The Labute approximate surface area is 145 Å². The lowest BCUT2D eigenvalue weighted by atomic mass is 10.1. The molecule has 23 heavy (non-hydrogen) atoms. The molecule has 0 aromatic heterocycles. The van der Waals surface area contributed by atoms with E-state index in [1.54, 1.807) is 42.5 Å². The predicted molar refractivity (Wildman–Crippen MR) is 92.6 cm³/mol. The number of carbonyl (C=O) groups excluding carboxylic acids is 1. The highest BCUT2D eigenvalue weighted by atomic mass is 35.5. The molecule has 0 aliphatic rings. The summed E-state index contributed by atoms with van der Waals surface area (Å²) in [6.45, 7) is 0.255. The zero-order valence-electron chi connectivity index (χ0n) is 12.3. The summed E-state index contributed by atoms with van der Waals surface area (Å²) >= 11 is 11.9. The lowest BCUT2D eigenvalue weighted by molar-refractivity contribution is 0.0951. The maximum Gasteiger partial charge on any atom is 0.251 e. The second kappa shape index (κ2) is 7.34. The fraction of sp³-hybridized carbons (Fsp3) is 0.188. The van der Waals surface area contributed by atoms with Crippen LogP contribution in [0.25, 0.3) is 0 Å². The van der Waals surface area contributed by atoms with Gasteiger partial charge in [0.25, 0.3) is 5.91 Å². The summed E-state index contributed by atoms with van der Waals surface area (Å²) < 4.78 is 22.7. The van der Waals surface area contributed by atoms with Crippen LogP contribution in [0.4, 0.5) is 0 Å². The highest BCUT2D eigenvalue weighted by molar-refractivity contribution is 7.89. The van der Waals surface area contributed by atoms with Crippen LogP contribution in [-0.4, -0.2) is 20.6 Å². The van der Waals surface area contributed by atoms with E-state index >= 15 is 0 Å². The summed E-state index contributed by atoms with van der Waals surface area (Å²) in [5.74, 6) is -0.400. The van der Waals surface area contributed by atoms with Crippen LogP contribution in [-0.2, 0) is 22.1 Å². The van der Waals surface area contributed by atoms with E-state index in [1.807, 2.05) is 0 Å². The first-order chi connectivity index (χ1) is 10.7. The average Bonchev–Trinajstić information content (AvgIpc) is 2.44. The molecule has 122 valence electrons. The maximum atomic E-state index is 12.2. The molecule has 0 unspecified atom stereocenters.